The molecule has 1 aromatic rings. The molecule has 1 unspecified atom stereocenters. The van der Waals surface area contributed by atoms with E-state index in [0.717, 1.165) is 6.07 Å². The molecular weight excluding hydrogens is 492 g/mol. The van der Waals surface area contributed by atoms with Crippen LogP contribution in [0.1, 0.15) is 38.7 Å². The molecule has 0 spiro atoms. The van der Waals surface area contributed by atoms with E-state index in [0.29, 0.717) is 17.0 Å². The molecule has 0 radical (unpaired) electrons. The maximum absolute atomic E-state index is 11.5. The van der Waals surface area contributed by atoms with E-state index in [1.54, 1.807) is 18.4 Å². The SMILES string of the molecule is CC1=[N+](CCCS(=O)(=O)O)c2ccc(S(=O)(=O)[O-])cc2C1(C)CCCS(=O)(=O)O.[NaH].[NaH]. The van der Waals surface area contributed by atoms with Gasteiger partial charge in [0.15, 0.2) is 5.71 Å². The summed E-state index contributed by atoms with van der Waals surface area (Å²) in [5, 5.41) is 0. The van der Waals surface area contributed by atoms with Crippen LogP contribution in [-0.4, -0.2) is 126 Å². The standard InChI is InChI=1S/C16H23NO9S3.2Na.2H/c1-12-16(2,7-3-9-27(18,19)20)14-11-13(29(24,25)26)5-6-15(14)17(12)8-4-10-28(21,22)23;;;;/h5-6,11H,3-4,7-10H2,1-2H3,(H2-,18,19,20,21,22,23,24,25,26);;;;. The maximum atomic E-state index is 11.5. The summed E-state index contributed by atoms with van der Waals surface area (Å²) in [4.78, 5) is -0.426. The van der Waals surface area contributed by atoms with Gasteiger partial charge in [-0.1, -0.05) is 0 Å². The van der Waals surface area contributed by atoms with Crippen LogP contribution in [0.4, 0.5) is 5.69 Å². The molecular formula is C16H25NNa2O9S3. The molecule has 0 saturated carbocycles. The van der Waals surface area contributed by atoms with E-state index in [1.165, 1.54) is 12.1 Å². The van der Waals surface area contributed by atoms with Crippen molar-refractivity contribution in [3.05, 3.63) is 23.8 Å². The van der Waals surface area contributed by atoms with Gasteiger partial charge in [-0.2, -0.15) is 21.4 Å². The van der Waals surface area contributed by atoms with Crippen LogP contribution < -0.4 is 0 Å². The van der Waals surface area contributed by atoms with Gasteiger partial charge in [-0.05, 0) is 31.9 Å². The quantitative estimate of drug-likeness (QED) is 0.252. The van der Waals surface area contributed by atoms with E-state index in [1.807, 2.05) is 0 Å². The molecule has 0 fully saturated rings. The van der Waals surface area contributed by atoms with Gasteiger partial charge in [-0.3, -0.25) is 9.11 Å². The van der Waals surface area contributed by atoms with Crippen molar-refractivity contribution in [1.29, 1.82) is 0 Å². The fourth-order valence-corrected chi connectivity index (χ4v) is 5.14. The molecule has 2 N–H and O–H groups in total. The van der Waals surface area contributed by atoms with Crippen molar-refractivity contribution in [3.63, 3.8) is 0 Å². The molecule has 1 aliphatic heterocycles. The third-order valence-corrected chi connectivity index (χ3v) is 7.65. The molecule has 1 atom stereocenters. The van der Waals surface area contributed by atoms with Crippen molar-refractivity contribution in [2.75, 3.05) is 18.1 Å². The number of hydrogen-bond acceptors (Lipinski definition) is 7. The van der Waals surface area contributed by atoms with Gasteiger partial charge < -0.3 is 4.55 Å². The van der Waals surface area contributed by atoms with E-state index in [-0.39, 0.29) is 84.9 Å². The van der Waals surface area contributed by atoms with Crippen LogP contribution >= 0.6 is 0 Å². The second-order valence-corrected chi connectivity index (χ2v) is 11.8. The number of hydrogen-bond donors (Lipinski definition) is 2. The number of rotatable bonds is 9. The summed E-state index contributed by atoms with van der Waals surface area (Å²) < 4.78 is 98.2. The van der Waals surface area contributed by atoms with E-state index < -0.39 is 52.2 Å². The zero-order chi connectivity index (χ0) is 22.3. The monoisotopic (exact) mass is 517 g/mol. The average molecular weight is 518 g/mol. The van der Waals surface area contributed by atoms with Gasteiger partial charge in [0.25, 0.3) is 20.2 Å². The first-order valence-electron chi connectivity index (χ1n) is 8.67. The molecule has 15 heteroatoms. The first-order valence-corrected chi connectivity index (χ1v) is 13.3. The zero-order valence-electron chi connectivity index (χ0n) is 15.9. The molecule has 0 aliphatic carbocycles. The number of fused-ring (bicyclic) bond motifs is 1. The second kappa shape index (κ2) is 11.4. The van der Waals surface area contributed by atoms with Gasteiger partial charge in [-0.25, -0.2) is 8.42 Å². The van der Waals surface area contributed by atoms with Crippen LogP contribution in [0.5, 0.6) is 0 Å². The van der Waals surface area contributed by atoms with Crippen LogP contribution in [0.15, 0.2) is 23.1 Å². The topological polar surface area (TPSA) is 169 Å². The predicted molar refractivity (Wildman–Crippen MR) is 118 cm³/mol. The van der Waals surface area contributed by atoms with E-state index in [4.69, 9.17) is 9.11 Å². The second-order valence-electron chi connectivity index (χ2n) is 7.23. The van der Waals surface area contributed by atoms with Crippen LogP contribution in [-0.2, 0) is 35.8 Å². The first-order chi connectivity index (χ1) is 13.0. The molecule has 1 aromatic carbocycles. The van der Waals surface area contributed by atoms with Gasteiger partial charge in [0.2, 0.25) is 5.69 Å². The van der Waals surface area contributed by atoms with Crippen molar-refractivity contribution in [2.24, 2.45) is 0 Å². The Hall–Kier alpha value is 0.620. The fraction of sp³-hybridized carbons (Fsp3) is 0.562. The summed E-state index contributed by atoms with van der Waals surface area (Å²) in [6.07, 6.45) is 0.417. The molecule has 31 heavy (non-hydrogen) atoms. The molecule has 0 saturated heterocycles. The molecule has 1 heterocycles. The third kappa shape index (κ3) is 8.41. The number of nitrogens with zero attached hydrogens (tertiary/aromatic N) is 1. The normalized spacial score (nSPS) is 18.9. The Kier molecular flexibility index (Phi) is 11.6. The van der Waals surface area contributed by atoms with Crippen molar-refractivity contribution >= 4 is 101 Å². The van der Waals surface area contributed by atoms with Crippen LogP contribution in [0, 0.1) is 0 Å². The summed E-state index contributed by atoms with van der Waals surface area (Å²) in [5.74, 6) is -0.938. The van der Waals surface area contributed by atoms with E-state index >= 15 is 0 Å². The fourth-order valence-electron chi connectivity index (χ4n) is 3.64. The van der Waals surface area contributed by atoms with Crippen molar-refractivity contribution in [2.45, 2.75) is 43.4 Å². The molecule has 10 nitrogen and oxygen atoms in total. The summed E-state index contributed by atoms with van der Waals surface area (Å²) >= 11 is 0. The van der Waals surface area contributed by atoms with Crippen LogP contribution in [0.25, 0.3) is 0 Å². The predicted octanol–water partition coefficient (Wildman–Crippen LogP) is -0.384. The third-order valence-electron chi connectivity index (χ3n) is 5.21. The Morgan fingerprint density at radius 1 is 0.968 bits per heavy atom. The van der Waals surface area contributed by atoms with Crippen molar-refractivity contribution < 1.29 is 43.5 Å². The first kappa shape index (κ1) is 31.6. The summed E-state index contributed by atoms with van der Waals surface area (Å²) in [6, 6.07) is 3.86. The molecule has 0 bridgehead atoms. The number of benzene rings is 1. The summed E-state index contributed by atoms with van der Waals surface area (Å²) in [7, 11) is -13.0. The van der Waals surface area contributed by atoms with Crippen LogP contribution in [0.3, 0.4) is 0 Å². The van der Waals surface area contributed by atoms with E-state index in [2.05, 4.69) is 0 Å². The molecule has 168 valence electrons. The minimum atomic E-state index is -4.72. The molecule has 0 aromatic heterocycles. The van der Waals surface area contributed by atoms with Gasteiger partial charge in [-0.15, -0.1) is 0 Å². The molecule has 2 rings (SSSR count). The van der Waals surface area contributed by atoms with Crippen molar-refractivity contribution in [1.82, 2.24) is 0 Å². The Morgan fingerprint density at radius 3 is 1.97 bits per heavy atom. The Balaban J connectivity index is 0.00000450. The molecule has 1 aliphatic rings. The van der Waals surface area contributed by atoms with Crippen LogP contribution in [0.2, 0.25) is 0 Å². The Morgan fingerprint density at radius 2 is 1.48 bits per heavy atom. The van der Waals surface area contributed by atoms with Gasteiger partial charge in [0, 0.05) is 25.0 Å². The minimum absolute atomic E-state index is 0. The van der Waals surface area contributed by atoms with Gasteiger partial charge >= 0.3 is 59.1 Å². The Labute approximate surface area is 227 Å². The summed E-state index contributed by atoms with van der Waals surface area (Å²) in [5.41, 5.74) is 0.936. The van der Waals surface area contributed by atoms with Crippen molar-refractivity contribution in [3.8, 4) is 0 Å². The van der Waals surface area contributed by atoms with E-state index in [9.17, 15) is 29.8 Å². The Bertz CT molecular complexity index is 1160. The zero-order valence-corrected chi connectivity index (χ0v) is 18.3. The van der Waals surface area contributed by atoms with Gasteiger partial charge in [0.1, 0.15) is 16.7 Å². The summed E-state index contributed by atoms with van der Waals surface area (Å²) in [6.45, 7) is 3.71. The molecule has 0 amide bonds. The average Bonchev–Trinajstić information content (AvgIpc) is 2.73. The van der Waals surface area contributed by atoms with Gasteiger partial charge in [0.05, 0.1) is 21.8 Å².